The second-order valence-corrected chi connectivity index (χ2v) is 3.12. The summed E-state index contributed by atoms with van der Waals surface area (Å²) in [6.07, 6.45) is 0.322. The Balaban J connectivity index is 2.53. The zero-order chi connectivity index (χ0) is 11.8. The summed E-state index contributed by atoms with van der Waals surface area (Å²) in [5, 5.41) is 11.0. The average molecular weight is 218 g/mol. The van der Waals surface area contributed by atoms with Crippen molar-refractivity contribution in [2.75, 3.05) is 13.2 Å². The maximum absolute atomic E-state index is 11.5. The van der Waals surface area contributed by atoms with Gasteiger partial charge in [-0.25, -0.2) is 0 Å². The van der Waals surface area contributed by atoms with Crippen molar-refractivity contribution in [3.05, 3.63) is 29.8 Å². The number of nitrogens with one attached hydrogen (secondary N) is 1. The minimum Gasteiger partial charge on any atom is -0.494 e. The Morgan fingerprint density at radius 2 is 2.12 bits per heavy atom. The number of rotatable bonds is 5. The summed E-state index contributed by atoms with van der Waals surface area (Å²) in [7, 11) is 0. The third-order valence-electron chi connectivity index (χ3n) is 1.95. The molecule has 1 rings (SSSR count). The van der Waals surface area contributed by atoms with Gasteiger partial charge in [0.1, 0.15) is 5.75 Å². The molecule has 0 spiro atoms. The maximum atomic E-state index is 11.5. The summed E-state index contributed by atoms with van der Waals surface area (Å²) >= 11 is 0. The maximum Gasteiger partial charge on any atom is 0.251 e. The number of nitriles is 1. The average Bonchev–Trinajstić information content (AvgIpc) is 2.30. The quantitative estimate of drug-likeness (QED) is 0.765. The molecule has 0 aromatic heterocycles. The van der Waals surface area contributed by atoms with Gasteiger partial charge in [-0.2, -0.15) is 5.26 Å². The second kappa shape index (κ2) is 6.46. The first kappa shape index (κ1) is 12.1. The van der Waals surface area contributed by atoms with E-state index in [1.165, 1.54) is 0 Å². The van der Waals surface area contributed by atoms with Crippen LogP contribution in [0, 0.1) is 11.3 Å². The summed E-state index contributed by atoms with van der Waals surface area (Å²) in [4.78, 5) is 11.5. The molecule has 0 saturated heterocycles. The molecule has 0 aliphatic rings. The Labute approximate surface area is 94.8 Å². The highest BCUT2D eigenvalue weighted by atomic mass is 16.5. The highest BCUT2D eigenvalue weighted by Crippen LogP contribution is 2.11. The van der Waals surface area contributed by atoms with Gasteiger partial charge < -0.3 is 10.1 Å². The van der Waals surface area contributed by atoms with E-state index in [2.05, 4.69) is 5.32 Å². The highest BCUT2D eigenvalue weighted by molar-refractivity contribution is 5.94. The monoisotopic (exact) mass is 218 g/mol. The number of carbonyl (C=O) groups is 1. The Morgan fingerprint density at radius 3 is 2.69 bits per heavy atom. The predicted molar refractivity (Wildman–Crippen MR) is 60.2 cm³/mol. The predicted octanol–water partition coefficient (Wildman–Crippen LogP) is 1.73. The molecule has 16 heavy (non-hydrogen) atoms. The van der Waals surface area contributed by atoms with Gasteiger partial charge in [0.2, 0.25) is 0 Å². The lowest BCUT2D eigenvalue weighted by molar-refractivity contribution is 0.0954. The van der Waals surface area contributed by atoms with Crippen LogP contribution < -0.4 is 10.1 Å². The van der Waals surface area contributed by atoms with Gasteiger partial charge in [0.05, 0.1) is 19.1 Å². The molecular formula is C12H14N2O2. The van der Waals surface area contributed by atoms with Gasteiger partial charge in [0, 0.05) is 12.1 Å². The van der Waals surface area contributed by atoms with Gasteiger partial charge in [0.25, 0.3) is 5.91 Å². The third kappa shape index (κ3) is 3.62. The molecule has 0 atom stereocenters. The zero-order valence-corrected chi connectivity index (χ0v) is 9.19. The second-order valence-electron chi connectivity index (χ2n) is 3.12. The first-order valence-corrected chi connectivity index (χ1v) is 5.16. The molecule has 1 amide bonds. The van der Waals surface area contributed by atoms with E-state index in [1.54, 1.807) is 24.3 Å². The summed E-state index contributed by atoms with van der Waals surface area (Å²) in [5.41, 5.74) is 0.571. The van der Waals surface area contributed by atoms with Crippen molar-refractivity contribution in [1.29, 1.82) is 5.26 Å². The first-order valence-electron chi connectivity index (χ1n) is 5.16. The van der Waals surface area contributed by atoms with Gasteiger partial charge in [-0.05, 0) is 31.2 Å². The highest BCUT2D eigenvalue weighted by Gasteiger charge is 2.04. The van der Waals surface area contributed by atoms with Crippen molar-refractivity contribution in [2.24, 2.45) is 0 Å². The normalized spacial score (nSPS) is 9.25. The minimum atomic E-state index is -0.168. The molecule has 0 aliphatic carbocycles. The van der Waals surface area contributed by atoms with E-state index in [1.807, 2.05) is 13.0 Å². The van der Waals surface area contributed by atoms with Crippen molar-refractivity contribution in [3.63, 3.8) is 0 Å². The molecule has 4 nitrogen and oxygen atoms in total. The first-order chi connectivity index (χ1) is 7.77. The number of carbonyl (C=O) groups excluding carboxylic acids is 1. The lowest BCUT2D eigenvalue weighted by Crippen LogP contribution is -2.24. The minimum absolute atomic E-state index is 0.168. The smallest absolute Gasteiger partial charge is 0.251 e. The van der Waals surface area contributed by atoms with Crippen LogP contribution in [0.25, 0.3) is 0 Å². The van der Waals surface area contributed by atoms with Crippen LogP contribution in [0.2, 0.25) is 0 Å². The molecule has 84 valence electrons. The van der Waals surface area contributed by atoms with E-state index in [0.29, 0.717) is 25.1 Å². The van der Waals surface area contributed by atoms with Crippen LogP contribution in [0.3, 0.4) is 0 Å². The number of nitrogens with zero attached hydrogens (tertiary/aromatic N) is 1. The number of amides is 1. The molecular weight excluding hydrogens is 204 g/mol. The Kier molecular flexibility index (Phi) is 4.87. The number of hydrogen-bond acceptors (Lipinski definition) is 3. The van der Waals surface area contributed by atoms with E-state index in [9.17, 15) is 4.79 Å². The lowest BCUT2D eigenvalue weighted by atomic mass is 10.2. The van der Waals surface area contributed by atoms with Crippen molar-refractivity contribution in [2.45, 2.75) is 13.3 Å². The van der Waals surface area contributed by atoms with Crippen LogP contribution in [-0.2, 0) is 0 Å². The third-order valence-corrected chi connectivity index (χ3v) is 1.95. The van der Waals surface area contributed by atoms with Gasteiger partial charge in [-0.1, -0.05) is 0 Å². The largest absolute Gasteiger partial charge is 0.494 e. The fraction of sp³-hybridized carbons (Fsp3) is 0.333. The molecule has 1 aromatic carbocycles. The number of ether oxygens (including phenoxy) is 1. The van der Waals surface area contributed by atoms with E-state index in [-0.39, 0.29) is 5.91 Å². The van der Waals surface area contributed by atoms with Crippen LogP contribution in [0.15, 0.2) is 24.3 Å². The SMILES string of the molecule is CCOc1ccc(C(=O)NCCC#N)cc1. The van der Waals surface area contributed by atoms with Crippen LogP contribution in [-0.4, -0.2) is 19.1 Å². The summed E-state index contributed by atoms with van der Waals surface area (Å²) in [6.45, 7) is 2.89. The van der Waals surface area contributed by atoms with Gasteiger partial charge in [-0.3, -0.25) is 4.79 Å². The van der Waals surface area contributed by atoms with E-state index in [4.69, 9.17) is 10.00 Å². The topological polar surface area (TPSA) is 62.1 Å². The molecule has 0 unspecified atom stereocenters. The summed E-state index contributed by atoms with van der Waals surface area (Å²) in [6, 6.07) is 8.87. The van der Waals surface area contributed by atoms with Crippen LogP contribution in [0.1, 0.15) is 23.7 Å². The van der Waals surface area contributed by atoms with E-state index >= 15 is 0 Å². The molecule has 1 aromatic rings. The van der Waals surface area contributed by atoms with Crippen molar-refractivity contribution in [3.8, 4) is 11.8 Å². The van der Waals surface area contributed by atoms with Crippen LogP contribution >= 0.6 is 0 Å². The molecule has 0 bridgehead atoms. The number of hydrogen-bond donors (Lipinski definition) is 1. The summed E-state index contributed by atoms with van der Waals surface area (Å²) in [5.74, 6) is 0.578. The molecule has 0 aliphatic heterocycles. The van der Waals surface area contributed by atoms with Gasteiger partial charge in [-0.15, -0.1) is 0 Å². The fourth-order valence-electron chi connectivity index (χ4n) is 1.20. The lowest BCUT2D eigenvalue weighted by Gasteiger charge is -2.05. The number of benzene rings is 1. The van der Waals surface area contributed by atoms with E-state index in [0.717, 1.165) is 5.75 Å². The van der Waals surface area contributed by atoms with Crippen LogP contribution in [0.5, 0.6) is 5.75 Å². The Hall–Kier alpha value is -2.02. The van der Waals surface area contributed by atoms with Crippen molar-refractivity contribution in [1.82, 2.24) is 5.32 Å². The van der Waals surface area contributed by atoms with Gasteiger partial charge >= 0.3 is 0 Å². The molecule has 0 saturated carbocycles. The van der Waals surface area contributed by atoms with Crippen molar-refractivity contribution < 1.29 is 9.53 Å². The van der Waals surface area contributed by atoms with Gasteiger partial charge in [0.15, 0.2) is 0 Å². The molecule has 0 heterocycles. The van der Waals surface area contributed by atoms with E-state index < -0.39 is 0 Å². The zero-order valence-electron chi connectivity index (χ0n) is 9.19. The van der Waals surface area contributed by atoms with Crippen LogP contribution in [0.4, 0.5) is 0 Å². The van der Waals surface area contributed by atoms with Crippen molar-refractivity contribution >= 4 is 5.91 Å². The Bertz CT molecular complexity index is 379. The molecule has 0 radical (unpaired) electrons. The molecule has 1 N–H and O–H groups in total. The fourth-order valence-corrected chi connectivity index (χ4v) is 1.20. The molecule has 0 fully saturated rings. The summed E-state index contributed by atoms with van der Waals surface area (Å²) < 4.78 is 5.26. The molecule has 4 heteroatoms. The standard InChI is InChI=1S/C12H14N2O2/c1-2-16-11-6-4-10(5-7-11)12(15)14-9-3-8-13/h4-7H,2-3,9H2,1H3,(H,14,15). The Morgan fingerprint density at radius 1 is 1.44 bits per heavy atom.